The third-order valence-electron chi connectivity index (χ3n) is 6.73. The van der Waals surface area contributed by atoms with E-state index in [1.165, 1.54) is 30.3 Å². The lowest BCUT2D eigenvalue weighted by atomic mass is 9.78. The quantitative estimate of drug-likeness (QED) is 0.138. The highest BCUT2D eigenvalue weighted by Gasteiger charge is 2.26. The van der Waals surface area contributed by atoms with Crippen LogP contribution in [0.25, 0.3) is 11.1 Å². The highest BCUT2D eigenvalue weighted by atomic mass is 19.2. The molecule has 3 nitrogen and oxygen atoms in total. The first-order valence-electron chi connectivity index (χ1n) is 12.4. The molecule has 0 unspecified atom stereocenters. The Morgan fingerprint density at radius 2 is 1.49 bits per heavy atom. The zero-order valence-corrected chi connectivity index (χ0v) is 20.7. The summed E-state index contributed by atoms with van der Waals surface area (Å²) in [5, 5.41) is 0. The third kappa shape index (κ3) is 5.71. The number of ether oxygens (including phenoxy) is 2. The van der Waals surface area contributed by atoms with E-state index in [4.69, 9.17) is 9.47 Å². The van der Waals surface area contributed by atoms with Crippen molar-refractivity contribution in [1.82, 2.24) is 0 Å². The molecule has 0 aliphatic heterocycles. The summed E-state index contributed by atoms with van der Waals surface area (Å²) in [6, 6.07) is 11.1. The molecule has 37 heavy (non-hydrogen) atoms. The fourth-order valence-electron chi connectivity index (χ4n) is 4.80. The smallest absolute Gasteiger partial charge is 0.343 e. The van der Waals surface area contributed by atoms with E-state index in [9.17, 15) is 13.6 Å². The minimum absolute atomic E-state index is 0.0185. The Morgan fingerprint density at radius 1 is 0.838 bits per heavy atom. The topological polar surface area (TPSA) is 35.5 Å². The van der Waals surface area contributed by atoms with Crippen molar-refractivity contribution in [1.29, 1.82) is 0 Å². The average molecular weight is 513 g/mol. The molecule has 0 heterocycles. The molecule has 0 N–H and O–H groups in total. The van der Waals surface area contributed by atoms with Crippen LogP contribution in [0.1, 0.15) is 61.4 Å². The van der Waals surface area contributed by atoms with Crippen molar-refractivity contribution in [3.05, 3.63) is 95.1 Å². The predicted octanol–water partition coefficient (Wildman–Crippen LogP) is 8.38. The van der Waals surface area contributed by atoms with E-state index < -0.39 is 35.0 Å². The van der Waals surface area contributed by atoms with Crippen LogP contribution < -0.4 is 9.47 Å². The number of carbonyl (C=O) groups excluding carboxylic acids is 1. The van der Waals surface area contributed by atoms with Gasteiger partial charge in [-0.1, -0.05) is 36.4 Å². The summed E-state index contributed by atoms with van der Waals surface area (Å²) in [6.45, 7) is 3.76. The maximum Gasteiger partial charge on any atom is 0.343 e. The molecule has 0 aromatic heterocycles. The summed E-state index contributed by atoms with van der Waals surface area (Å²) >= 11 is 0. The van der Waals surface area contributed by atoms with Gasteiger partial charge in [-0.25, -0.2) is 13.6 Å². The highest BCUT2D eigenvalue weighted by molar-refractivity contribution is 5.91. The van der Waals surface area contributed by atoms with Gasteiger partial charge in [-0.15, -0.1) is 0 Å². The van der Waals surface area contributed by atoms with E-state index in [0.29, 0.717) is 17.0 Å². The minimum Gasteiger partial charge on any atom is -0.491 e. The molecule has 0 spiro atoms. The highest BCUT2D eigenvalue weighted by Crippen LogP contribution is 2.39. The Morgan fingerprint density at radius 3 is 2.14 bits per heavy atom. The van der Waals surface area contributed by atoms with Crippen molar-refractivity contribution in [2.75, 3.05) is 6.61 Å². The second-order valence-corrected chi connectivity index (χ2v) is 9.06. The summed E-state index contributed by atoms with van der Waals surface area (Å²) in [5.74, 6) is -5.70. The molecule has 0 atom stereocenters. The Kier molecular flexibility index (Phi) is 8.31. The first-order chi connectivity index (χ1) is 17.8. The van der Waals surface area contributed by atoms with Crippen LogP contribution in [0.4, 0.5) is 17.6 Å². The lowest BCUT2D eigenvalue weighted by Crippen LogP contribution is -2.13. The molecule has 194 valence electrons. The van der Waals surface area contributed by atoms with Gasteiger partial charge in [-0.2, -0.15) is 8.78 Å². The van der Waals surface area contributed by atoms with Gasteiger partial charge in [0.25, 0.3) is 0 Å². The maximum absolute atomic E-state index is 15.1. The van der Waals surface area contributed by atoms with Gasteiger partial charge in [-0.05, 0) is 86.8 Å². The zero-order chi connectivity index (χ0) is 26.5. The summed E-state index contributed by atoms with van der Waals surface area (Å²) in [4.78, 5) is 12.5. The fourth-order valence-corrected chi connectivity index (χ4v) is 4.80. The summed E-state index contributed by atoms with van der Waals surface area (Å²) in [6.07, 6.45) is 7.71. The van der Waals surface area contributed by atoms with Crippen molar-refractivity contribution in [3.63, 3.8) is 0 Å². The molecular weight excluding hydrogens is 484 g/mol. The first-order valence-corrected chi connectivity index (χ1v) is 12.4. The Balaban J connectivity index is 1.48. The fraction of sp³-hybridized carbons (Fsp3) is 0.300. The second kappa shape index (κ2) is 11.6. The molecule has 1 aliphatic carbocycles. The summed E-state index contributed by atoms with van der Waals surface area (Å²) in [7, 11) is 0. The molecule has 0 saturated heterocycles. The molecule has 0 bridgehead atoms. The molecule has 1 saturated carbocycles. The van der Waals surface area contributed by atoms with Crippen molar-refractivity contribution in [3.8, 4) is 22.6 Å². The number of halogens is 4. The number of esters is 1. The molecule has 1 aliphatic rings. The predicted molar refractivity (Wildman–Crippen MR) is 134 cm³/mol. The van der Waals surface area contributed by atoms with Crippen LogP contribution in [0.2, 0.25) is 0 Å². The van der Waals surface area contributed by atoms with Crippen LogP contribution in [0.15, 0.2) is 60.7 Å². The summed E-state index contributed by atoms with van der Waals surface area (Å²) < 4.78 is 68.3. The molecule has 3 aromatic carbocycles. The van der Waals surface area contributed by atoms with Crippen LogP contribution in [-0.2, 0) is 0 Å². The van der Waals surface area contributed by atoms with Gasteiger partial charge in [0.1, 0.15) is 0 Å². The normalized spacial score (nSPS) is 17.7. The van der Waals surface area contributed by atoms with Gasteiger partial charge >= 0.3 is 5.97 Å². The standard InChI is InChI=1S/C30H28F4O3/c1-3-5-18-6-8-19(9-7-18)22-14-15-23(27(32)26(22)31)20-10-12-21(13-11-20)30(35)37-25-17-16-24(36-4-2)28(33)29(25)34/h3,5,10-19H,4,6-9H2,1-2H3. The Hall–Kier alpha value is -3.61. The van der Waals surface area contributed by atoms with Crippen LogP contribution in [-0.4, -0.2) is 12.6 Å². The number of carbonyl (C=O) groups is 1. The van der Waals surface area contributed by atoms with E-state index in [1.807, 2.05) is 13.0 Å². The van der Waals surface area contributed by atoms with Gasteiger partial charge in [0.15, 0.2) is 23.1 Å². The third-order valence-corrected chi connectivity index (χ3v) is 6.73. The van der Waals surface area contributed by atoms with Gasteiger partial charge in [0.05, 0.1) is 12.2 Å². The molecule has 3 aromatic rings. The van der Waals surface area contributed by atoms with Gasteiger partial charge in [0, 0.05) is 5.56 Å². The number of benzene rings is 3. The zero-order valence-electron chi connectivity index (χ0n) is 20.7. The molecule has 1 fully saturated rings. The van der Waals surface area contributed by atoms with E-state index in [2.05, 4.69) is 6.08 Å². The molecule has 4 rings (SSSR count). The molecule has 7 heteroatoms. The lowest BCUT2D eigenvalue weighted by molar-refractivity contribution is 0.0726. The van der Waals surface area contributed by atoms with Crippen LogP contribution in [0.5, 0.6) is 11.5 Å². The van der Waals surface area contributed by atoms with Crippen molar-refractivity contribution in [2.45, 2.75) is 45.4 Å². The number of allylic oxidation sites excluding steroid dienone is 2. The van der Waals surface area contributed by atoms with Crippen molar-refractivity contribution < 1.29 is 31.8 Å². The number of hydrogen-bond donors (Lipinski definition) is 0. The second-order valence-electron chi connectivity index (χ2n) is 9.06. The van der Waals surface area contributed by atoms with E-state index >= 15 is 8.78 Å². The average Bonchev–Trinajstić information content (AvgIpc) is 2.91. The Bertz CT molecular complexity index is 1290. The van der Waals surface area contributed by atoms with Crippen molar-refractivity contribution in [2.24, 2.45) is 5.92 Å². The number of rotatable bonds is 7. The van der Waals surface area contributed by atoms with Gasteiger partial charge in [-0.3, -0.25) is 0 Å². The SMILES string of the molecule is CC=CC1CCC(c2ccc(-c3ccc(C(=O)Oc4ccc(OCC)c(F)c4F)cc3)c(F)c2F)CC1. The van der Waals surface area contributed by atoms with E-state index in [1.54, 1.807) is 19.1 Å². The Labute approximate surface area is 213 Å². The minimum atomic E-state index is -1.34. The van der Waals surface area contributed by atoms with Crippen LogP contribution in [0, 0.1) is 29.2 Å². The van der Waals surface area contributed by atoms with Gasteiger partial charge in [0.2, 0.25) is 11.6 Å². The van der Waals surface area contributed by atoms with Crippen molar-refractivity contribution >= 4 is 5.97 Å². The monoisotopic (exact) mass is 512 g/mol. The molecule has 0 amide bonds. The molecule has 0 radical (unpaired) electrons. The number of hydrogen-bond acceptors (Lipinski definition) is 3. The lowest BCUT2D eigenvalue weighted by Gasteiger charge is -2.27. The maximum atomic E-state index is 15.1. The summed E-state index contributed by atoms with van der Waals surface area (Å²) in [5.41, 5.74) is 0.871. The largest absolute Gasteiger partial charge is 0.491 e. The van der Waals surface area contributed by atoms with Crippen LogP contribution >= 0.6 is 0 Å². The van der Waals surface area contributed by atoms with Gasteiger partial charge < -0.3 is 9.47 Å². The molecular formula is C30H28F4O3. The van der Waals surface area contributed by atoms with Crippen LogP contribution in [0.3, 0.4) is 0 Å². The first kappa shape index (κ1) is 26.5. The van der Waals surface area contributed by atoms with E-state index in [0.717, 1.165) is 31.7 Å². The van der Waals surface area contributed by atoms with E-state index in [-0.39, 0.29) is 29.4 Å².